The molecule has 1 rings (SSSR count). The number of nitrogen functional groups attached to an aromatic ring is 1. The van der Waals surface area contributed by atoms with Crippen LogP contribution in [-0.4, -0.2) is 21.7 Å². The number of aromatic nitrogens is 2. The second-order valence-corrected chi connectivity index (χ2v) is 3.24. The van der Waals surface area contributed by atoms with Crippen molar-refractivity contribution in [1.82, 2.24) is 9.78 Å². The highest BCUT2D eigenvalue weighted by molar-refractivity contribution is 5.83. The molecule has 5 N–H and O–H groups in total. The van der Waals surface area contributed by atoms with Crippen LogP contribution in [0.5, 0.6) is 0 Å². The number of hydrogen-bond donors (Lipinski definition) is 3. The maximum Gasteiger partial charge on any atom is 0.239 e. The fraction of sp³-hybridized carbons (Fsp3) is 0.500. The van der Waals surface area contributed by atoms with Crippen LogP contribution >= 0.6 is 0 Å². The summed E-state index contributed by atoms with van der Waals surface area (Å²) in [5.74, 6) is 0.192. The first-order valence-electron chi connectivity index (χ1n) is 4.28. The highest BCUT2D eigenvalue weighted by Gasteiger charge is 2.14. The second-order valence-electron chi connectivity index (χ2n) is 3.24. The minimum Gasteiger partial charge on any atom is -0.394 e. The van der Waals surface area contributed by atoms with E-state index in [1.165, 1.54) is 0 Å². The first-order chi connectivity index (χ1) is 6.43. The highest BCUT2D eigenvalue weighted by atomic mass is 16.1. The van der Waals surface area contributed by atoms with Crippen LogP contribution in [0.3, 0.4) is 0 Å². The van der Waals surface area contributed by atoms with Gasteiger partial charge < -0.3 is 16.8 Å². The third-order valence-corrected chi connectivity index (χ3v) is 2.05. The summed E-state index contributed by atoms with van der Waals surface area (Å²) in [6, 6.07) is -0.466. The van der Waals surface area contributed by atoms with Gasteiger partial charge in [0.15, 0.2) is 0 Å². The SMILES string of the molecule is Cc1nn(C)c(NC(C)C(N)=O)c1N. The lowest BCUT2D eigenvalue weighted by Gasteiger charge is -2.12. The molecule has 6 nitrogen and oxygen atoms in total. The van der Waals surface area contributed by atoms with Gasteiger partial charge in [-0.25, -0.2) is 0 Å². The molecule has 0 saturated carbocycles. The van der Waals surface area contributed by atoms with Gasteiger partial charge in [-0.2, -0.15) is 5.10 Å². The van der Waals surface area contributed by atoms with Gasteiger partial charge in [-0.3, -0.25) is 9.48 Å². The van der Waals surface area contributed by atoms with Gasteiger partial charge in [-0.05, 0) is 13.8 Å². The van der Waals surface area contributed by atoms with Crippen molar-refractivity contribution in [3.8, 4) is 0 Å². The lowest BCUT2D eigenvalue weighted by Crippen LogP contribution is -2.33. The topological polar surface area (TPSA) is 99.0 Å². The molecule has 1 atom stereocenters. The summed E-state index contributed by atoms with van der Waals surface area (Å²) in [6.45, 7) is 3.47. The molecular weight excluding hydrogens is 182 g/mol. The minimum absolute atomic E-state index is 0.428. The first kappa shape index (κ1) is 10.4. The number of anilines is 2. The van der Waals surface area contributed by atoms with E-state index in [2.05, 4.69) is 10.4 Å². The van der Waals surface area contributed by atoms with Crippen LogP contribution in [0, 0.1) is 6.92 Å². The number of hydrogen-bond acceptors (Lipinski definition) is 4. The van der Waals surface area contributed by atoms with Crippen molar-refractivity contribution < 1.29 is 4.79 Å². The molecule has 0 bridgehead atoms. The van der Waals surface area contributed by atoms with E-state index in [9.17, 15) is 4.79 Å². The Hall–Kier alpha value is -1.72. The standard InChI is InChI=1S/C8H15N5O/c1-4-6(9)8(13(3)12-4)11-5(2)7(10)14/h5,11H,9H2,1-3H3,(H2,10,14). The van der Waals surface area contributed by atoms with Crippen molar-refractivity contribution in [1.29, 1.82) is 0 Å². The lowest BCUT2D eigenvalue weighted by molar-refractivity contribution is -0.118. The Bertz CT molecular complexity index is 357. The fourth-order valence-corrected chi connectivity index (χ4v) is 1.12. The second kappa shape index (κ2) is 3.57. The molecule has 1 unspecified atom stereocenters. The van der Waals surface area contributed by atoms with Crippen molar-refractivity contribution >= 4 is 17.4 Å². The zero-order chi connectivity index (χ0) is 10.9. The van der Waals surface area contributed by atoms with E-state index < -0.39 is 11.9 Å². The molecule has 78 valence electrons. The molecule has 0 aromatic carbocycles. The van der Waals surface area contributed by atoms with Gasteiger partial charge in [0.1, 0.15) is 11.9 Å². The molecule has 1 aromatic rings. The third kappa shape index (κ3) is 1.78. The number of rotatable bonds is 3. The van der Waals surface area contributed by atoms with Gasteiger partial charge in [-0.1, -0.05) is 0 Å². The van der Waals surface area contributed by atoms with Gasteiger partial charge in [0.05, 0.1) is 11.4 Å². The van der Waals surface area contributed by atoms with Crippen LogP contribution in [0.1, 0.15) is 12.6 Å². The van der Waals surface area contributed by atoms with Gasteiger partial charge in [-0.15, -0.1) is 0 Å². The maximum absolute atomic E-state index is 10.8. The number of nitrogens with zero attached hydrogens (tertiary/aromatic N) is 2. The van der Waals surface area contributed by atoms with Crippen LogP contribution in [0.4, 0.5) is 11.5 Å². The Morgan fingerprint density at radius 2 is 2.21 bits per heavy atom. The smallest absolute Gasteiger partial charge is 0.239 e. The minimum atomic E-state index is -0.466. The predicted molar refractivity (Wildman–Crippen MR) is 54.6 cm³/mol. The Morgan fingerprint density at radius 1 is 1.64 bits per heavy atom. The highest BCUT2D eigenvalue weighted by Crippen LogP contribution is 2.21. The van der Waals surface area contributed by atoms with Gasteiger partial charge in [0.25, 0.3) is 0 Å². The summed E-state index contributed by atoms with van der Waals surface area (Å²) in [5.41, 5.74) is 12.1. The van der Waals surface area contributed by atoms with E-state index in [1.807, 2.05) is 0 Å². The van der Waals surface area contributed by atoms with Crippen LogP contribution in [-0.2, 0) is 11.8 Å². The Balaban J connectivity index is 2.91. The molecule has 14 heavy (non-hydrogen) atoms. The molecule has 0 saturated heterocycles. The average molecular weight is 197 g/mol. The van der Waals surface area contributed by atoms with Crippen LogP contribution in [0.25, 0.3) is 0 Å². The summed E-state index contributed by atoms with van der Waals surface area (Å²) in [4.78, 5) is 10.8. The number of primary amides is 1. The molecule has 6 heteroatoms. The molecule has 0 aliphatic carbocycles. The monoisotopic (exact) mass is 197 g/mol. The molecule has 1 aromatic heterocycles. The number of amides is 1. The van der Waals surface area contributed by atoms with E-state index in [1.54, 1.807) is 25.6 Å². The maximum atomic E-state index is 10.8. The van der Waals surface area contributed by atoms with Crippen molar-refractivity contribution in [2.75, 3.05) is 11.1 Å². The van der Waals surface area contributed by atoms with Crippen molar-refractivity contribution in [2.24, 2.45) is 12.8 Å². The van der Waals surface area contributed by atoms with Crippen LogP contribution in [0.2, 0.25) is 0 Å². The summed E-state index contributed by atoms with van der Waals surface area (Å²) >= 11 is 0. The predicted octanol–water partition coefficient (Wildman–Crippen LogP) is -0.404. The van der Waals surface area contributed by atoms with E-state index in [0.29, 0.717) is 11.5 Å². The quantitative estimate of drug-likeness (QED) is 0.613. The summed E-state index contributed by atoms with van der Waals surface area (Å²) in [5, 5.41) is 7.00. The lowest BCUT2D eigenvalue weighted by atomic mass is 10.3. The van der Waals surface area contributed by atoms with Gasteiger partial charge in [0, 0.05) is 7.05 Å². The largest absolute Gasteiger partial charge is 0.394 e. The molecule has 0 aliphatic rings. The summed E-state index contributed by atoms with van der Waals surface area (Å²) < 4.78 is 1.59. The Labute approximate surface area is 82.3 Å². The molecule has 0 aliphatic heterocycles. The van der Waals surface area contributed by atoms with E-state index in [4.69, 9.17) is 11.5 Å². The summed E-state index contributed by atoms with van der Waals surface area (Å²) in [7, 11) is 1.75. The Morgan fingerprint density at radius 3 is 2.57 bits per heavy atom. The zero-order valence-electron chi connectivity index (χ0n) is 8.53. The molecule has 0 fully saturated rings. The average Bonchev–Trinajstić information content (AvgIpc) is 2.32. The van der Waals surface area contributed by atoms with Crippen molar-refractivity contribution in [3.05, 3.63) is 5.69 Å². The zero-order valence-corrected chi connectivity index (χ0v) is 8.53. The fourth-order valence-electron chi connectivity index (χ4n) is 1.12. The summed E-state index contributed by atoms with van der Waals surface area (Å²) in [6.07, 6.45) is 0. The van der Waals surface area contributed by atoms with Crippen molar-refractivity contribution in [2.45, 2.75) is 19.9 Å². The normalized spacial score (nSPS) is 12.5. The number of nitrogens with one attached hydrogen (secondary N) is 1. The Kier molecular flexibility index (Phi) is 2.64. The van der Waals surface area contributed by atoms with E-state index >= 15 is 0 Å². The molecule has 0 spiro atoms. The molecular formula is C8H15N5O. The first-order valence-corrected chi connectivity index (χ1v) is 4.28. The van der Waals surface area contributed by atoms with Gasteiger partial charge >= 0.3 is 0 Å². The molecule has 1 heterocycles. The number of nitrogens with two attached hydrogens (primary N) is 2. The molecule has 1 amide bonds. The number of aryl methyl sites for hydroxylation is 2. The number of carbonyl (C=O) groups is 1. The number of carbonyl (C=O) groups excluding carboxylic acids is 1. The van der Waals surface area contributed by atoms with E-state index in [-0.39, 0.29) is 0 Å². The van der Waals surface area contributed by atoms with Crippen molar-refractivity contribution in [3.63, 3.8) is 0 Å². The van der Waals surface area contributed by atoms with E-state index in [0.717, 1.165) is 5.69 Å². The van der Waals surface area contributed by atoms with Gasteiger partial charge in [0.2, 0.25) is 5.91 Å². The van der Waals surface area contributed by atoms with Crippen LogP contribution in [0.15, 0.2) is 0 Å². The van der Waals surface area contributed by atoms with Crippen LogP contribution < -0.4 is 16.8 Å². The third-order valence-electron chi connectivity index (χ3n) is 2.05. The molecule has 0 radical (unpaired) electrons.